The van der Waals surface area contributed by atoms with Crippen LogP contribution < -0.4 is 91.5 Å². The number of rotatable bonds is 42. The second-order valence-corrected chi connectivity index (χ2v) is 30.7. The minimum absolute atomic E-state index is 0.0397. The molecular formula is C81H111N23O21. The van der Waals surface area contributed by atoms with Gasteiger partial charge in [-0.3, -0.25) is 81.9 Å². The quantitative estimate of drug-likeness (QED) is 0.00846. The smallest absolute Gasteiger partial charge is 0.326 e. The number of amides is 12. The molecule has 3 aliphatic rings. The molecule has 0 bridgehead atoms. The number of aliphatic carboxylic acids is 3. The van der Waals surface area contributed by atoms with Crippen molar-refractivity contribution < 1.29 is 97.5 Å². The van der Waals surface area contributed by atoms with E-state index in [1.54, 1.807) is 57.3 Å². The number of para-hydroxylation sites is 1. The molecule has 2 saturated heterocycles. The Kier molecular flexibility index (Phi) is 37.5. The van der Waals surface area contributed by atoms with Gasteiger partial charge in [0.25, 0.3) is 17.4 Å². The summed E-state index contributed by atoms with van der Waals surface area (Å²) in [4.78, 5) is 230. The molecule has 2 fully saturated rings. The molecule has 0 spiro atoms. The van der Waals surface area contributed by atoms with E-state index in [9.17, 15) is 87.2 Å². The van der Waals surface area contributed by atoms with E-state index in [2.05, 4.69) is 93.7 Å². The van der Waals surface area contributed by atoms with Gasteiger partial charge in [-0.1, -0.05) is 58.0 Å². The standard InChI is InChI=1S/C59H84N16O12.C20H23N7O7.C2H4O2/c1-6-63-57(86)48-14-10-22-75(48)58(87)41(13-9-21-64-59(60)61)68-51(80)42(23-32(2)3)69-52(81)43(24-33(4)5)70-53(82)44(25-34-15-17-37(77)18-16-34)71-56(85)47(30-76)74-54(83)45(26-35-28-65-39-12-8-7-11-38(35)39)72-55(84)46(27-36-29-62-31-66-36)73-50(79)40-19-20-49(78)67-40;21-20-25-16-15(18(32)26-20)27(9-28)12(8-23-16)7-22-11-3-1-10(2-4-11)17(31)24-13(19(33)34)5-6-14(29)30;1-2(3)4/h7-8,11-12,15-18,28-29,31-33,40-48,65,76-77H,6,9-10,13-14,19-27,30H2,1-5H3,(H,62,66)(H,63,86)(H,67,78)(H,68,80)(H,69,81)(H,70,82)(H,71,85)(H,72,84)(H,73,79)(H,74,83)(H4,60,61,64);1-4,9,12-13,22H,5-8H2,(H,24,31)(H,29,30)(H,33,34)(H4,21,23,25,26,32);1H3,(H,3,4)/t40-,41-,42-,43+,44-,45-,46-,47-,48-;12?,13-;/m01./s1. The molecule has 9 rings (SSSR count). The van der Waals surface area contributed by atoms with Gasteiger partial charge < -0.3 is 126 Å². The SMILES string of the molecule is CC(=O)O.CCNC(=O)[C@@H]1CCCN1C(=O)[C@H](CCCN=C(N)N)NC(=O)[C@H](CC(C)C)NC(=O)[C@@H](CC(C)C)NC(=O)[C@H](Cc1ccc(O)cc1)NC(=O)[C@H](CO)NC(=O)[C@H](Cc1c[nH]c2ccccc12)NC(=O)[C@H](Cc1cnc[nH]1)NC(=O)[C@@H]1CCC(=O)N1.Nc1nc2c(c(=O)[nH]1)N(C=O)C(CNc1ccc(C(=O)N[C@H](CCC(=O)O)C(=O)O)cc1)CN2. The van der Waals surface area contributed by atoms with Crippen LogP contribution in [-0.2, 0) is 86.4 Å². The van der Waals surface area contributed by atoms with Gasteiger partial charge in [-0.25, -0.2) is 9.78 Å². The van der Waals surface area contributed by atoms with Crippen molar-refractivity contribution in [2.24, 2.45) is 28.3 Å². The summed E-state index contributed by atoms with van der Waals surface area (Å²) in [5, 5.41) is 79.6. The fourth-order valence-electron chi connectivity index (χ4n) is 13.9. The lowest BCUT2D eigenvalue weighted by Crippen LogP contribution is -2.61. The summed E-state index contributed by atoms with van der Waals surface area (Å²) < 4.78 is 0. The number of nitrogens with one attached hydrogen (secondary N) is 15. The van der Waals surface area contributed by atoms with Crippen molar-refractivity contribution in [3.8, 4) is 5.75 Å². The van der Waals surface area contributed by atoms with Crippen LogP contribution in [0, 0.1) is 11.8 Å². The van der Waals surface area contributed by atoms with E-state index < -0.39 is 156 Å². The van der Waals surface area contributed by atoms with Gasteiger partial charge in [0.2, 0.25) is 71.4 Å². The van der Waals surface area contributed by atoms with Crippen LogP contribution >= 0.6 is 0 Å². The first kappa shape index (κ1) is 97.9. The van der Waals surface area contributed by atoms with Crippen LogP contribution in [0.25, 0.3) is 10.9 Å². The summed E-state index contributed by atoms with van der Waals surface area (Å²) in [6, 6.07) is 5.95. The number of carbonyl (C=O) groups excluding carboxylic acids is 12. The van der Waals surface area contributed by atoms with Crippen molar-refractivity contribution in [3.05, 3.63) is 124 Å². The Morgan fingerprint density at radius 2 is 1.28 bits per heavy atom. The predicted octanol–water partition coefficient (Wildman–Crippen LogP) is -2.08. The lowest BCUT2D eigenvalue weighted by atomic mass is 9.98. The molecule has 676 valence electrons. The number of anilines is 4. The predicted molar refractivity (Wildman–Crippen MR) is 454 cm³/mol. The van der Waals surface area contributed by atoms with E-state index >= 15 is 0 Å². The van der Waals surface area contributed by atoms with E-state index in [0.29, 0.717) is 60.2 Å². The maximum atomic E-state index is 14.7. The molecule has 0 aliphatic carbocycles. The summed E-state index contributed by atoms with van der Waals surface area (Å²) >= 11 is 0. The number of phenolic OH excluding ortho intramolecular Hbond substituents is 1. The number of imidazole rings is 1. The largest absolute Gasteiger partial charge is 0.508 e. The number of aromatic nitrogens is 5. The first-order valence-electron chi connectivity index (χ1n) is 40.6. The summed E-state index contributed by atoms with van der Waals surface area (Å²) in [7, 11) is 0. The number of carboxylic acid groups (broad SMARTS) is 3. The highest BCUT2D eigenvalue weighted by atomic mass is 16.4. The van der Waals surface area contributed by atoms with Crippen molar-refractivity contribution in [1.29, 1.82) is 0 Å². The van der Waals surface area contributed by atoms with Gasteiger partial charge in [0.15, 0.2) is 17.5 Å². The number of likely N-dealkylation sites (N-methyl/N-ethyl adjacent to an activating group) is 1. The number of carbonyl (C=O) groups is 15. The van der Waals surface area contributed by atoms with E-state index in [1.165, 1.54) is 58.7 Å². The summed E-state index contributed by atoms with van der Waals surface area (Å²) in [6.07, 6.45) is 5.70. The lowest BCUT2D eigenvalue weighted by molar-refractivity contribution is -0.142. The molecule has 0 saturated carbocycles. The Morgan fingerprint density at radius 1 is 0.688 bits per heavy atom. The Morgan fingerprint density at radius 3 is 1.85 bits per heavy atom. The molecule has 3 aromatic heterocycles. The molecule has 3 aliphatic heterocycles. The van der Waals surface area contributed by atoms with E-state index in [-0.39, 0.29) is 142 Å². The van der Waals surface area contributed by atoms with Gasteiger partial charge in [0.1, 0.15) is 66.2 Å². The third-order valence-electron chi connectivity index (χ3n) is 20.0. The number of nitrogens with zero attached hydrogens (tertiary/aromatic N) is 5. The van der Waals surface area contributed by atoms with Crippen LogP contribution in [0.5, 0.6) is 5.75 Å². The topological polar surface area (TPSA) is 689 Å². The van der Waals surface area contributed by atoms with Crippen LogP contribution in [0.15, 0.2) is 101 Å². The van der Waals surface area contributed by atoms with E-state index in [0.717, 1.165) is 12.4 Å². The molecule has 44 nitrogen and oxygen atoms in total. The first-order valence-corrected chi connectivity index (χ1v) is 40.6. The molecule has 11 atom stereocenters. The highest BCUT2D eigenvalue weighted by Crippen LogP contribution is 2.27. The minimum atomic E-state index is -1.75. The number of H-pyrrole nitrogens is 3. The molecule has 44 heteroatoms. The Balaban J connectivity index is 0.000000465. The third kappa shape index (κ3) is 30.4. The highest BCUT2D eigenvalue weighted by Gasteiger charge is 2.41. The maximum Gasteiger partial charge on any atom is 0.326 e. The minimum Gasteiger partial charge on any atom is -0.508 e. The second-order valence-electron chi connectivity index (χ2n) is 30.7. The second kappa shape index (κ2) is 47.8. The lowest BCUT2D eigenvalue weighted by Gasteiger charge is -2.34. The van der Waals surface area contributed by atoms with Crippen LogP contribution in [0.1, 0.15) is 133 Å². The fraction of sp³-hybridized carbons (Fsp3) is 0.469. The number of likely N-dealkylation sites (tertiary alicyclic amines) is 1. The van der Waals surface area contributed by atoms with Gasteiger partial charge in [-0.2, -0.15) is 4.98 Å². The zero-order valence-electron chi connectivity index (χ0n) is 69.9. The van der Waals surface area contributed by atoms with Crippen LogP contribution in [0.4, 0.5) is 23.1 Å². The number of hydrogen-bond acceptors (Lipinski definition) is 24. The van der Waals surface area contributed by atoms with E-state index in [4.69, 9.17) is 32.2 Å². The van der Waals surface area contributed by atoms with Gasteiger partial charge in [0.05, 0.1) is 19.0 Å². The Hall–Kier alpha value is -14.2. The molecular weight excluding hydrogens is 1630 g/mol. The number of aliphatic hydroxyl groups is 1. The van der Waals surface area contributed by atoms with Gasteiger partial charge in [-0.15, -0.1) is 0 Å². The molecule has 26 N–H and O–H groups in total. The van der Waals surface area contributed by atoms with Gasteiger partial charge in [0, 0.05) is 112 Å². The summed E-state index contributed by atoms with van der Waals surface area (Å²) in [5.41, 5.74) is 19.1. The van der Waals surface area contributed by atoms with Gasteiger partial charge >= 0.3 is 11.9 Å². The van der Waals surface area contributed by atoms with Crippen molar-refractivity contribution in [1.82, 2.24) is 83.0 Å². The van der Waals surface area contributed by atoms with Gasteiger partial charge in [-0.05, 0) is 124 Å². The normalized spacial score (nSPS) is 16.3. The van der Waals surface area contributed by atoms with Crippen LogP contribution in [-0.4, -0.2) is 256 Å². The number of hydrogen-bond donors (Lipinski definition) is 23. The Labute approximate surface area is 717 Å². The van der Waals surface area contributed by atoms with Crippen molar-refractivity contribution in [2.45, 2.75) is 191 Å². The molecule has 12 amide bonds. The Bertz CT molecular complexity index is 4840. The number of aromatic amines is 3. The molecule has 6 aromatic rings. The third-order valence-corrected chi connectivity index (χ3v) is 20.0. The average Bonchev–Trinajstić information content (AvgIpc) is 1.77. The number of nitrogen functional groups attached to an aromatic ring is 1. The number of fused-ring (bicyclic) bond motifs is 2. The number of aromatic hydroxyl groups is 1. The average molecular weight is 1740 g/mol. The maximum absolute atomic E-state index is 14.7. The zero-order chi connectivity index (χ0) is 91.7. The molecule has 1 unspecified atom stereocenters. The summed E-state index contributed by atoms with van der Waals surface area (Å²) in [6.45, 7) is 10.5. The molecule has 6 heterocycles. The molecule has 0 radical (unpaired) electrons. The van der Waals surface area contributed by atoms with Crippen molar-refractivity contribution in [3.63, 3.8) is 0 Å². The number of carboxylic acids is 3. The van der Waals surface area contributed by atoms with Crippen LogP contribution in [0.3, 0.4) is 0 Å². The molecule has 3 aromatic carbocycles. The first-order chi connectivity index (χ1) is 59.4. The van der Waals surface area contributed by atoms with Crippen molar-refractivity contribution >= 4 is 129 Å². The summed E-state index contributed by atoms with van der Waals surface area (Å²) in [5.74, 6) is -11.4. The van der Waals surface area contributed by atoms with Crippen LogP contribution in [0.2, 0.25) is 0 Å². The number of guanidine groups is 1. The van der Waals surface area contributed by atoms with Crippen molar-refractivity contribution in [2.75, 3.05) is 60.6 Å². The molecule has 125 heavy (non-hydrogen) atoms. The number of nitrogens with two attached hydrogens (primary N) is 3. The van der Waals surface area contributed by atoms with E-state index in [1.807, 2.05) is 19.9 Å². The fourth-order valence-corrected chi connectivity index (χ4v) is 13.9. The zero-order valence-corrected chi connectivity index (χ0v) is 69.9. The number of phenols is 1. The number of benzene rings is 3. The monoisotopic (exact) mass is 1740 g/mol. The number of aliphatic imine (C=N–C) groups is 1. The highest BCUT2D eigenvalue weighted by molar-refractivity contribution is 6.01. The number of aliphatic hydroxyl groups excluding tert-OH is 1.